The fraction of sp³-hybridized carbons (Fsp3) is 1.00. The summed E-state index contributed by atoms with van der Waals surface area (Å²) in [7, 11) is 2.14. The van der Waals surface area contributed by atoms with Gasteiger partial charge in [0, 0.05) is 13.1 Å². The van der Waals surface area contributed by atoms with Crippen molar-refractivity contribution < 1.29 is 5.11 Å². The monoisotopic (exact) mass is 171 g/mol. The van der Waals surface area contributed by atoms with Gasteiger partial charge in [-0.25, -0.2) is 0 Å². The second-order valence-corrected chi connectivity index (χ2v) is 4.77. The van der Waals surface area contributed by atoms with Gasteiger partial charge in [0.25, 0.3) is 0 Å². The van der Waals surface area contributed by atoms with E-state index in [0.717, 1.165) is 18.9 Å². The Bertz CT molecular complexity index is 135. The molecular weight excluding hydrogens is 150 g/mol. The summed E-state index contributed by atoms with van der Waals surface area (Å²) < 4.78 is 0. The average Bonchev–Trinajstić information content (AvgIpc) is 2.66. The largest absolute Gasteiger partial charge is 0.390 e. The van der Waals surface area contributed by atoms with Gasteiger partial charge < -0.3 is 10.0 Å². The molecular formula is C10H21NO. The van der Waals surface area contributed by atoms with E-state index >= 15 is 0 Å². The molecule has 0 bridgehead atoms. The molecule has 72 valence electrons. The van der Waals surface area contributed by atoms with Gasteiger partial charge >= 0.3 is 0 Å². The molecule has 0 aromatic heterocycles. The molecule has 0 saturated heterocycles. The maximum Gasteiger partial charge on any atom is 0.0603 e. The third-order valence-electron chi connectivity index (χ3n) is 2.37. The van der Waals surface area contributed by atoms with Gasteiger partial charge in [-0.15, -0.1) is 0 Å². The van der Waals surface area contributed by atoms with Crippen LogP contribution in [0, 0.1) is 5.92 Å². The molecule has 0 heterocycles. The SMILES string of the molecule is CN(CCC(C)(C)O)CC1CC1. The lowest BCUT2D eigenvalue weighted by atomic mass is 10.1. The topological polar surface area (TPSA) is 23.5 Å². The Morgan fingerprint density at radius 3 is 2.42 bits per heavy atom. The molecule has 0 aromatic carbocycles. The fourth-order valence-corrected chi connectivity index (χ4v) is 1.30. The normalized spacial score (nSPS) is 18.8. The number of hydrogen-bond acceptors (Lipinski definition) is 2. The Balaban J connectivity index is 2.04. The van der Waals surface area contributed by atoms with Crippen molar-refractivity contribution in [2.75, 3.05) is 20.1 Å². The Kier molecular flexibility index (Phi) is 3.13. The van der Waals surface area contributed by atoms with Crippen LogP contribution in [0.15, 0.2) is 0 Å². The molecule has 0 radical (unpaired) electrons. The van der Waals surface area contributed by atoms with Crippen LogP contribution in [0.25, 0.3) is 0 Å². The molecule has 2 nitrogen and oxygen atoms in total. The Morgan fingerprint density at radius 2 is 2.00 bits per heavy atom. The highest BCUT2D eigenvalue weighted by Gasteiger charge is 2.23. The van der Waals surface area contributed by atoms with Gasteiger partial charge in [0.1, 0.15) is 0 Å². The van der Waals surface area contributed by atoms with E-state index in [0.29, 0.717) is 0 Å². The van der Waals surface area contributed by atoms with Crippen molar-refractivity contribution in [3.63, 3.8) is 0 Å². The first-order valence-electron chi connectivity index (χ1n) is 4.88. The molecule has 12 heavy (non-hydrogen) atoms. The van der Waals surface area contributed by atoms with Gasteiger partial charge in [-0.2, -0.15) is 0 Å². The van der Waals surface area contributed by atoms with Crippen LogP contribution in [-0.2, 0) is 0 Å². The van der Waals surface area contributed by atoms with Crippen LogP contribution in [0.2, 0.25) is 0 Å². The predicted octanol–water partition coefficient (Wildman–Crippen LogP) is 1.49. The summed E-state index contributed by atoms with van der Waals surface area (Å²) in [5.41, 5.74) is -0.502. The van der Waals surface area contributed by atoms with Gasteiger partial charge in [0.2, 0.25) is 0 Å². The van der Waals surface area contributed by atoms with E-state index in [2.05, 4.69) is 11.9 Å². The molecule has 1 rings (SSSR count). The van der Waals surface area contributed by atoms with E-state index in [-0.39, 0.29) is 0 Å². The summed E-state index contributed by atoms with van der Waals surface area (Å²) in [4.78, 5) is 2.33. The minimum atomic E-state index is -0.502. The van der Waals surface area contributed by atoms with Crippen LogP contribution in [0.4, 0.5) is 0 Å². The number of rotatable bonds is 5. The van der Waals surface area contributed by atoms with Crippen molar-refractivity contribution in [1.82, 2.24) is 4.90 Å². The van der Waals surface area contributed by atoms with E-state index in [9.17, 15) is 5.11 Å². The third-order valence-corrected chi connectivity index (χ3v) is 2.37. The minimum absolute atomic E-state index is 0.502. The highest BCUT2D eigenvalue weighted by Crippen LogP contribution is 2.29. The maximum absolute atomic E-state index is 9.49. The van der Waals surface area contributed by atoms with E-state index in [1.807, 2.05) is 13.8 Å². The highest BCUT2D eigenvalue weighted by molar-refractivity contribution is 4.77. The van der Waals surface area contributed by atoms with E-state index < -0.39 is 5.60 Å². The zero-order valence-corrected chi connectivity index (χ0v) is 8.51. The molecule has 1 fully saturated rings. The first-order valence-corrected chi connectivity index (χ1v) is 4.88. The van der Waals surface area contributed by atoms with Crippen molar-refractivity contribution >= 4 is 0 Å². The van der Waals surface area contributed by atoms with Crippen LogP contribution < -0.4 is 0 Å². The highest BCUT2D eigenvalue weighted by atomic mass is 16.3. The summed E-state index contributed by atoms with van der Waals surface area (Å²) in [6.45, 7) is 5.98. The fourth-order valence-electron chi connectivity index (χ4n) is 1.30. The smallest absolute Gasteiger partial charge is 0.0603 e. The van der Waals surface area contributed by atoms with Crippen molar-refractivity contribution in [2.45, 2.75) is 38.7 Å². The van der Waals surface area contributed by atoms with Gasteiger partial charge in [-0.05, 0) is 46.1 Å². The Morgan fingerprint density at radius 1 is 1.42 bits per heavy atom. The van der Waals surface area contributed by atoms with Gasteiger partial charge in [0.05, 0.1) is 5.60 Å². The molecule has 1 saturated carbocycles. The molecule has 0 amide bonds. The second-order valence-electron chi connectivity index (χ2n) is 4.77. The van der Waals surface area contributed by atoms with Gasteiger partial charge in [-0.1, -0.05) is 0 Å². The predicted molar refractivity (Wildman–Crippen MR) is 51.1 cm³/mol. The zero-order chi connectivity index (χ0) is 9.19. The minimum Gasteiger partial charge on any atom is -0.390 e. The quantitative estimate of drug-likeness (QED) is 0.677. The molecule has 2 heteroatoms. The summed E-state index contributed by atoms with van der Waals surface area (Å²) in [5, 5.41) is 9.49. The molecule has 0 unspecified atom stereocenters. The number of aliphatic hydroxyl groups is 1. The Labute approximate surface area is 75.6 Å². The molecule has 0 spiro atoms. The first kappa shape index (κ1) is 10.0. The van der Waals surface area contributed by atoms with Crippen molar-refractivity contribution in [2.24, 2.45) is 5.92 Å². The number of hydrogen-bond donors (Lipinski definition) is 1. The molecule has 0 atom stereocenters. The summed E-state index contributed by atoms with van der Waals surface area (Å²) in [5.74, 6) is 0.955. The standard InChI is InChI=1S/C10H21NO/c1-10(2,12)6-7-11(3)8-9-4-5-9/h9,12H,4-8H2,1-3H3. The molecule has 0 aromatic rings. The van der Waals surface area contributed by atoms with Crippen molar-refractivity contribution in [3.8, 4) is 0 Å². The average molecular weight is 171 g/mol. The molecule has 0 aliphatic heterocycles. The number of nitrogens with zero attached hydrogens (tertiary/aromatic N) is 1. The van der Waals surface area contributed by atoms with E-state index in [1.54, 1.807) is 0 Å². The lowest BCUT2D eigenvalue weighted by Gasteiger charge is -2.22. The molecule has 1 aliphatic rings. The lowest BCUT2D eigenvalue weighted by Crippen LogP contribution is -2.29. The molecule has 1 aliphatic carbocycles. The second kappa shape index (κ2) is 3.75. The van der Waals surface area contributed by atoms with Crippen LogP contribution in [-0.4, -0.2) is 35.7 Å². The van der Waals surface area contributed by atoms with E-state index in [1.165, 1.54) is 19.4 Å². The zero-order valence-electron chi connectivity index (χ0n) is 8.51. The van der Waals surface area contributed by atoms with Crippen molar-refractivity contribution in [3.05, 3.63) is 0 Å². The van der Waals surface area contributed by atoms with Gasteiger partial charge in [0.15, 0.2) is 0 Å². The van der Waals surface area contributed by atoms with Crippen LogP contribution >= 0.6 is 0 Å². The first-order chi connectivity index (χ1) is 5.47. The van der Waals surface area contributed by atoms with Crippen LogP contribution in [0.3, 0.4) is 0 Å². The molecule has 1 N–H and O–H groups in total. The summed E-state index contributed by atoms with van der Waals surface area (Å²) in [6.07, 6.45) is 3.69. The summed E-state index contributed by atoms with van der Waals surface area (Å²) in [6, 6.07) is 0. The summed E-state index contributed by atoms with van der Waals surface area (Å²) >= 11 is 0. The van der Waals surface area contributed by atoms with E-state index in [4.69, 9.17) is 0 Å². The van der Waals surface area contributed by atoms with Gasteiger partial charge in [-0.3, -0.25) is 0 Å². The van der Waals surface area contributed by atoms with Crippen molar-refractivity contribution in [1.29, 1.82) is 0 Å². The lowest BCUT2D eigenvalue weighted by molar-refractivity contribution is 0.0603. The third kappa shape index (κ3) is 4.73. The van der Waals surface area contributed by atoms with Crippen LogP contribution in [0.1, 0.15) is 33.1 Å². The van der Waals surface area contributed by atoms with Crippen LogP contribution in [0.5, 0.6) is 0 Å². The maximum atomic E-state index is 9.49. The Hall–Kier alpha value is -0.0800.